The third-order valence-electron chi connectivity index (χ3n) is 3.83. The van der Waals surface area contributed by atoms with E-state index in [-0.39, 0.29) is 24.2 Å². The van der Waals surface area contributed by atoms with E-state index in [2.05, 4.69) is 0 Å². The summed E-state index contributed by atoms with van der Waals surface area (Å²) in [7, 11) is 3.17. The van der Waals surface area contributed by atoms with Gasteiger partial charge in [0.25, 0.3) is 5.91 Å². The third kappa shape index (κ3) is 2.81. The van der Waals surface area contributed by atoms with Gasteiger partial charge in [-0.25, -0.2) is 0 Å². The van der Waals surface area contributed by atoms with Gasteiger partial charge in [-0.15, -0.1) is 0 Å². The maximum atomic E-state index is 12.8. The lowest BCUT2D eigenvalue weighted by Crippen LogP contribution is -2.38. The van der Waals surface area contributed by atoms with E-state index in [1.54, 1.807) is 25.6 Å². The Hall–Kier alpha value is -2.02. The zero-order valence-corrected chi connectivity index (χ0v) is 12.5. The summed E-state index contributed by atoms with van der Waals surface area (Å²) in [4.78, 5) is 13.7. The van der Waals surface area contributed by atoms with Crippen molar-refractivity contribution in [2.75, 3.05) is 13.7 Å². The largest absolute Gasteiger partial charge is 0.416 e. The Morgan fingerprint density at radius 3 is 2.55 bits per heavy atom. The summed E-state index contributed by atoms with van der Waals surface area (Å²) >= 11 is 0. The first kappa shape index (κ1) is 16.4. The van der Waals surface area contributed by atoms with E-state index in [1.165, 1.54) is 17.0 Å². The highest BCUT2D eigenvalue weighted by atomic mass is 19.4. The van der Waals surface area contributed by atoms with E-state index in [0.717, 1.165) is 12.1 Å². The molecule has 0 saturated carbocycles. The first-order valence-electron chi connectivity index (χ1n) is 6.71. The lowest BCUT2D eigenvalue weighted by molar-refractivity contribution is -0.137. The van der Waals surface area contributed by atoms with Crippen LogP contribution in [-0.4, -0.2) is 40.2 Å². The van der Waals surface area contributed by atoms with Crippen LogP contribution < -0.4 is 0 Å². The summed E-state index contributed by atoms with van der Waals surface area (Å²) in [6.07, 6.45) is -4.42. The molecule has 1 heterocycles. The van der Waals surface area contributed by atoms with Gasteiger partial charge in [-0.05, 0) is 31.2 Å². The van der Waals surface area contributed by atoms with E-state index in [1.807, 2.05) is 0 Å². The van der Waals surface area contributed by atoms with Crippen LogP contribution in [0.2, 0.25) is 0 Å². The molecule has 0 aliphatic rings. The van der Waals surface area contributed by atoms with Crippen LogP contribution in [0, 0.1) is 0 Å². The maximum absolute atomic E-state index is 12.8. The molecular weight excluding hydrogens is 297 g/mol. The molecule has 0 aliphatic carbocycles. The highest BCUT2D eigenvalue weighted by Gasteiger charge is 2.31. The summed E-state index contributed by atoms with van der Waals surface area (Å²) in [5, 5.41) is 9.46. The topological polar surface area (TPSA) is 45.5 Å². The smallest absolute Gasteiger partial charge is 0.394 e. The molecule has 1 aromatic carbocycles. The van der Waals surface area contributed by atoms with Gasteiger partial charge in [-0.2, -0.15) is 13.2 Å². The second-order valence-corrected chi connectivity index (χ2v) is 5.31. The molecule has 2 rings (SSSR count). The lowest BCUT2D eigenvalue weighted by atomic mass is 10.1. The molecule has 0 bridgehead atoms. The second-order valence-electron chi connectivity index (χ2n) is 5.31. The normalized spacial score (nSPS) is 13.4. The summed E-state index contributed by atoms with van der Waals surface area (Å²) in [5.41, 5.74) is 0.0696. The molecule has 1 N–H and O–H groups in total. The van der Waals surface area contributed by atoms with Crippen LogP contribution in [0.3, 0.4) is 0 Å². The fraction of sp³-hybridized carbons (Fsp3) is 0.400. The molecule has 0 spiro atoms. The van der Waals surface area contributed by atoms with Gasteiger partial charge in [-0.1, -0.05) is 0 Å². The summed E-state index contributed by atoms with van der Waals surface area (Å²) in [6, 6.07) is 4.44. The van der Waals surface area contributed by atoms with Gasteiger partial charge >= 0.3 is 6.18 Å². The van der Waals surface area contributed by atoms with Gasteiger partial charge in [0.2, 0.25) is 0 Å². The molecule has 0 aliphatic heterocycles. The minimum absolute atomic E-state index is 0.190. The van der Waals surface area contributed by atoms with E-state index in [0.29, 0.717) is 10.9 Å². The maximum Gasteiger partial charge on any atom is 0.416 e. The molecule has 4 nitrogen and oxygen atoms in total. The van der Waals surface area contributed by atoms with Crippen molar-refractivity contribution in [3.05, 3.63) is 35.5 Å². The minimum atomic E-state index is -4.42. The monoisotopic (exact) mass is 314 g/mol. The van der Waals surface area contributed by atoms with E-state index < -0.39 is 11.7 Å². The van der Waals surface area contributed by atoms with Gasteiger partial charge in [0.1, 0.15) is 5.69 Å². The molecule has 1 aromatic heterocycles. The van der Waals surface area contributed by atoms with Crippen LogP contribution >= 0.6 is 0 Å². The second kappa shape index (κ2) is 5.64. The number of likely N-dealkylation sites (N-methyl/N-ethyl adjacent to an activating group) is 1. The zero-order chi connectivity index (χ0) is 16.7. The van der Waals surface area contributed by atoms with Gasteiger partial charge in [0.05, 0.1) is 18.2 Å². The number of halogens is 3. The average molecular weight is 314 g/mol. The Morgan fingerprint density at radius 2 is 2.00 bits per heavy atom. The molecule has 120 valence electrons. The van der Waals surface area contributed by atoms with Gasteiger partial charge < -0.3 is 14.6 Å². The van der Waals surface area contributed by atoms with Crippen LogP contribution in [0.1, 0.15) is 23.0 Å². The SMILES string of the molecule is CC(CO)N(C)C(=O)c1cc2cc(C(F)(F)F)ccc2n1C. The van der Waals surface area contributed by atoms with Crippen molar-refractivity contribution in [2.45, 2.75) is 19.1 Å². The molecule has 1 atom stereocenters. The summed E-state index contributed by atoms with van der Waals surface area (Å²) in [6.45, 7) is 1.49. The number of benzene rings is 1. The molecular formula is C15H17F3N2O2. The number of aliphatic hydroxyl groups is 1. The number of hydrogen-bond donors (Lipinski definition) is 1. The van der Waals surface area contributed by atoms with Crippen LogP contribution in [-0.2, 0) is 13.2 Å². The first-order chi connectivity index (χ1) is 10.2. The van der Waals surface area contributed by atoms with Crippen molar-refractivity contribution in [1.82, 2.24) is 9.47 Å². The Kier molecular flexibility index (Phi) is 4.19. The van der Waals surface area contributed by atoms with Crippen molar-refractivity contribution in [2.24, 2.45) is 7.05 Å². The Balaban J connectivity index is 2.48. The molecule has 1 unspecified atom stereocenters. The molecule has 0 radical (unpaired) electrons. The molecule has 2 aromatic rings. The van der Waals surface area contributed by atoms with Gasteiger partial charge in [0, 0.05) is 25.0 Å². The fourth-order valence-electron chi connectivity index (χ4n) is 2.23. The van der Waals surface area contributed by atoms with Crippen LogP contribution in [0.5, 0.6) is 0 Å². The molecule has 0 saturated heterocycles. The zero-order valence-electron chi connectivity index (χ0n) is 12.5. The molecule has 0 fully saturated rings. The number of amides is 1. The van der Waals surface area contributed by atoms with Crippen molar-refractivity contribution in [3.63, 3.8) is 0 Å². The Labute approximate surface area is 125 Å². The number of carbonyl (C=O) groups is 1. The minimum Gasteiger partial charge on any atom is -0.394 e. The van der Waals surface area contributed by atoms with Crippen LogP contribution in [0.4, 0.5) is 13.2 Å². The van der Waals surface area contributed by atoms with E-state index in [4.69, 9.17) is 5.11 Å². The standard InChI is InChI=1S/C15H17F3N2O2/c1-9(8-21)19(2)14(22)13-7-10-6-11(15(16,17)18)4-5-12(10)20(13)3/h4-7,9,21H,8H2,1-3H3. The van der Waals surface area contributed by atoms with E-state index >= 15 is 0 Å². The van der Waals surface area contributed by atoms with Crippen molar-refractivity contribution in [3.8, 4) is 0 Å². The predicted molar refractivity (Wildman–Crippen MR) is 76.6 cm³/mol. The number of hydrogen-bond acceptors (Lipinski definition) is 2. The number of aromatic nitrogens is 1. The van der Waals surface area contributed by atoms with Crippen molar-refractivity contribution in [1.29, 1.82) is 0 Å². The molecule has 1 amide bonds. The number of rotatable bonds is 3. The molecule has 22 heavy (non-hydrogen) atoms. The van der Waals surface area contributed by atoms with Crippen molar-refractivity contribution < 1.29 is 23.1 Å². The average Bonchev–Trinajstić information content (AvgIpc) is 2.80. The number of aliphatic hydroxyl groups excluding tert-OH is 1. The predicted octanol–water partition coefficient (Wildman–Crippen LogP) is 2.65. The van der Waals surface area contributed by atoms with Crippen molar-refractivity contribution >= 4 is 16.8 Å². The van der Waals surface area contributed by atoms with Crippen LogP contribution in [0.25, 0.3) is 10.9 Å². The summed E-state index contributed by atoms with van der Waals surface area (Å²) < 4.78 is 39.8. The quantitative estimate of drug-likeness (QED) is 0.946. The fourth-order valence-corrected chi connectivity index (χ4v) is 2.23. The highest BCUT2D eigenvalue weighted by molar-refractivity contribution is 5.98. The van der Waals surface area contributed by atoms with Gasteiger partial charge in [-0.3, -0.25) is 4.79 Å². The first-order valence-corrected chi connectivity index (χ1v) is 6.71. The molecule has 7 heteroatoms. The van der Waals surface area contributed by atoms with E-state index in [9.17, 15) is 18.0 Å². The number of carbonyl (C=O) groups excluding carboxylic acids is 1. The van der Waals surface area contributed by atoms with Crippen LogP contribution in [0.15, 0.2) is 24.3 Å². The number of aryl methyl sites for hydroxylation is 1. The summed E-state index contributed by atoms with van der Waals surface area (Å²) in [5.74, 6) is -0.353. The number of alkyl halides is 3. The van der Waals surface area contributed by atoms with Gasteiger partial charge in [0.15, 0.2) is 0 Å². The highest BCUT2D eigenvalue weighted by Crippen LogP contribution is 2.32. The number of fused-ring (bicyclic) bond motifs is 1. The Bertz CT molecular complexity index is 707. The Morgan fingerprint density at radius 1 is 1.36 bits per heavy atom. The third-order valence-corrected chi connectivity index (χ3v) is 3.83. The number of nitrogens with zero attached hydrogens (tertiary/aromatic N) is 2. The lowest BCUT2D eigenvalue weighted by Gasteiger charge is -2.23.